The van der Waals surface area contributed by atoms with Gasteiger partial charge in [-0.15, -0.1) is 12.4 Å². The number of nitrogens with zero attached hydrogens (tertiary/aromatic N) is 6. The molecule has 4 heterocycles. The summed E-state index contributed by atoms with van der Waals surface area (Å²) in [5.41, 5.74) is 3.26. The monoisotopic (exact) mass is 484 g/mol. The summed E-state index contributed by atoms with van der Waals surface area (Å²) in [6.07, 6.45) is 8.32. The highest BCUT2D eigenvalue weighted by molar-refractivity contribution is 5.99. The summed E-state index contributed by atoms with van der Waals surface area (Å²) in [5.74, 6) is 1.20. The van der Waals surface area contributed by atoms with E-state index in [4.69, 9.17) is 14.5 Å². The molecule has 5 rings (SSSR count). The van der Waals surface area contributed by atoms with E-state index < -0.39 is 0 Å². The van der Waals surface area contributed by atoms with Gasteiger partial charge in [0.25, 0.3) is 5.91 Å². The number of hydrogen-bond donors (Lipinski definition) is 0. The predicted molar refractivity (Wildman–Crippen MR) is 132 cm³/mol. The zero-order valence-electron chi connectivity index (χ0n) is 19.9. The van der Waals surface area contributed by atoms with E-state index in [1.807, 2.05) is 33.7 Å². The summed E-state index contributed by atoms with van der Waals surface area (Å²) in [5, 5.41) is 4.31. The third kappa shape index (κ3) is 4.49. The Labute approximate surface area is 206 Å². The first-order chi connectivity index (χ1) is 16.2. The number of amides is 1. The molecule has 1 amide bonds. The van der Waals surface area contributed by atoms with E-state index in [-0.39, 0.29) is 24.4 Å². The summed E-state index contributed by atoms with van der Waals surface area (Å²) < 4.78 is 7.72. The molecule has 1 atom stereocenters. The molecule has 0 aliphatic carbocycles. The molecule has 2 aliphatic heterocycles. The molecule has 0 radical (unpaired) electrons. The molecule has 0 unspecified atom stereocenters. The van der Waals surface area contributed by atoms with Gasteiger partial charge in [-0.1, -0.05) is 44.0 Å². The average Bonchev–Trinajstić information content (AvgIpc) is 3.58. The highest BCUT2D eigenvalue weighted by atomic mass is 35.5. The van der Waals surface area contributed by atoms with Gasteiger partial charge >= 0.3 is 0 Å². The fourth-order valence-corrected chi connectivity index (χ4v) is 4.99. The van der Waals surface area contributed by atoms with Crippen molar-refractivity contribution in [1.29, 1.82) is 0 Å². The van der Waals surface area contributed by atoms with Gasteiger partial charge in [-0.2, -0.15) is 4.98 Å². The first-order valence-electron chi connectivity index (χ1n) is 12.2. The number of hydrogen-bond acceptors (Lipinski definition) is 6. The topological polar surface area (TPSA) is 80.3 Å². The van der Waals surface area contributed by atoms with Crippen LogP contribution in [0.2, 0.25) is 0 Å². The molecule has 3 aromatic rings. The summed E-state index contributed by atoms with van der Waals surface area (Å²) in [7, 11) is 0. The highest BCUT2D eigenvalue weighted by Gasteiger charge is 2.39. The van der Waals surface area contributed by atoms with E-state index in [1.165, 1.54) is 0 Å². The number of carbonyl (C=O) groups excluding carboxylic acids is 1. The summed E-state index contributed by atoms with van der Waals surface area (Å²) >= 11 is 0. The smallest absolute Gasteiger partial charge is 0.256 e. The standard InChI is InChI=1S/C25H32N6O2.ClH/c1-3-5-13-29(14-6-4-2)16-21-27-24(28-33-21)22-23-20-12-9-15-30(20)25(32)18-10-7-8-11-19(18)31(23)17-26-22;/h7-8,10-11,17,20H,3-6,9,12-16H2,1-2H3;1H/t20-;/m0./s1. The molecule has 0 bridgehead atoms. The van der Waals surface area contributed by atoms with Gasteiger partial charge in [0.2, 0.25) is 11.7 Å². The van der Waals surface area contributed by atoms with Gasteiger partial charge < -0.3 is 9.42 Å². The van der Waals surface area contributed by atoms with Crippen molar-refractivity contribution < 1.29 is 9.32 Å². The third-order valence-corrected chi connectivity index (χ3v) is 6.72. The molecule has 182 valence electrons. The van der Waals surface area contributed by atoms with Crippen molar-refractivity contribution in [2.75, 3.05) is 19.6 Å². The lowest BCUT2D eigenvalue weighted by atomic mass is 10.1. The van der Waals surface area contributed by atoms with E-state index in [9.17, 15) is 4.79 Å². The quantitative estimate of drug-likeness (QED) is 0.423. The van der Waals surface area contributed by atoms with E-state index >= 15 is 0 Å². The molecule has 2 aliphatic rings. The summed E-state index contributed by atoms with van der Waals surface area (Å²) in [4.78, 5) is 27.1. The van der Waals surface area contributed by atoms with Crippen LogP contribution in [-0.2, 0) is 6.54 Å². The number of carbonyl (C=O) groups is 1. The van der Waals surface area contributed by atoms with E-state index in [0.29, 0.717) is 29.5 Å². The molecule has 0 N–H and O–H groups in total. The van der Waals surface area contributed by atoms with Gasteiger partial charge in [-0.3, -0.25) is 14.3 Å². The number of fused-ring (bicyclic) bond motifs is 5. The van der Waals surface area contributed by atoms with Crippen LogP contribution in [0.3, 0.4) is 0 Å². The maximum absolute atomic E-state index is 13.3. The Hall–Kier alpha value is -2.71. The minimum absolute atomic E-state index is 0. The van der Waals surface area contributed by atoms with Crippen LogP contribution in [0.4, 0.5) is 0 Å². The largest absolute Gasteiger partial charge is 0.337 e. The van der Waals surface area contributed by atoms with E-state index in [1.54, 1.807) is 6.33 Å². The van der Waals surface area contributed by atoms with Crippen molar-refractivity contribution in [2.24, 2.45) is 0 Å². The second-order valence-electron chi connectivity index (χ2n) is 9.02. The van der Waals surface area contributed by atoms with Gasteiger partial charge in [0, 0.05) is 6.54 Å². The number of para-hydroxylation sites is 1. The lowest BCUT2D eigenvalue weighted by molar-refractivity contribution is 0.0739. The lowest BCUT2D eigenvalue weighted by Gasteiger charge is -2.22. The van der Waals surface area contributed by atoms with E-state index in [2.05, 4.69) is 23.9 Å². The van der Waals surface area contributed by atoms with Crippen LogP contribution in [0.25, 0.3) is 17.2 Å². The Bertz CT molecular complexity index is 1120. The molecule has 1 fully saturated rings. The van der Waals surface area contributed by atoms with E-state index in [0.717, 1.165) is 69.5 Å². The fourth-order valence-electron chi connectivity index (χ4n) is 4.99. The molecule has 1 aromatic carbocycles. The number of imidazole rings is 1. The van der Waals surface area contributed by atoms with Crippen molar-refractivity contribution in [3.05, 3.63) is 47.7 Å². The molecule has 1 saturated heterocycles. The maximum Gasteiger partial charge on any atom is 0.256 e. The van der Waals surface area contributed by atoms with Gasteiger partial charge in [-0.05, 0) is 50.9 Å². The Morgan fingerprint density at radius 2 is 1.91 bits per heavy atom. The van der Waals surface area contributed by atoms with Crippen molar-refractivity contribution in [1.82, 2.24) is 29.5 Å². The number of benzene rings is 1. The molecule has 0 spiro atoms. The number of rotatable bonds is 9. The Morgan fingerprint density at radius 1 is 1.15 bits per heavy atom. The minimum Gasteiger partial charge on any atom is -0.337 e. The summed E-state index contributed by atoms with van der Waals surface area (Å²) in [6, 6.07) is 7.72. The second kappa shape index (κ2) is 10.7. The molecule has 0 saturated carbocycles. The van der Waals surface area contributed by atoms with Crippen molar-refractivity contribution in [3.63, 3.8) is 0 Å². The first-order valence-corrected chi connectivity index (χ1v) is 12.2. The fraction of sp³-hybridized carbons (Fsp3) is 0.520. The normalized spacial score (nSPS) is 16.7. The zero-order valence-corrected chi connectivity index (χ0v) is 20.8. The van der Waals surface area contributed by atoms with Gasteiger partial charge in [0.1, 0.15) is 12.0 Å². The zero-order chi connectivity index (χ0) is 22.8. The predicted octanol–water partition coefficient (Wildman–Crippen LogP) is 5.04. The second-order valence-corrected chi connectivity index (χ2v) is 9.02. The molecule has 2 aromatic heterocycles. The Morgan fingerprint density at radius 3 is 2.68 bits per heavy atom. The average molecular weight is 485 g/mol. The van der Waals surface area contributed by atoms with Crippen LogP contribution >= 0.6 is 12.4 Å². The molecule has 9 heteroatoms. The van der Waals surface area contributed by atoms with Crippen LogP contribution in [0.1, 0.15) is 80.4 Å². The van der Waals surface area contributed by atoms with Crippen LogP contribution in [0, 0.1) is 0 Å². The number of aromatic nitrogens is 4. The van der Waals surface area contributed by atoms with Crippen molar-refractivity contribution in [3.8, 4) is 17.2 Å². The van der Waals surface area contributed by atoms with Crippen LogP contribution in [-0.4, -0.2) is 55.0 Å². The number of unbranched alkanes of at least 4 members (excludes halogenated alkanes) is 2. The van der Waals surface area contributed by atoms with Crippen LogP contribution < -0.4 is 0 Å². The third-order valence-electron chi connectivity index (χ3n) is 6.72. The minimum atomic E-state index is -0.0324. The Kier molecular flexibility index (Phi) is 7.68. The first kappa shape index (κ1) is 24.4. The number of halogens is 1. The van der Waals surface area contributed by atoms with Crippen molar-refractivity contribution >= 4 is 18.3 Å². The molecular formula is C25H33ClN6O2. The molecule has 34 heavy (non-hydrogen) atoms. The summed E-state index contributed by atoms with van der Waals surface area (Å²) in [6.45, 7) is 7.89. The van der Waals surface area contributed by atoms with Gasteiger partial charge in [-0.25, -0.2) is 4.98 Å². The lowest BCUT2D eigenvalue weighted by Crippen LogP contribution is -2.29. The molecular weight excluding hydrogens is 452 g/mol. The van der Waals surface area contributed by atoms with Gasteiger partial charge in [0.05, 0.1) is 29.5 Å². The SMILES string of the molecule is CCCCN(CCCC)Cc1nc(-c2ncn3c2[C@@H]2CCCN2C(=O)c2ccccc2-3)no1.Cl. The van der Waals surface area contributed by atoms with Gasteiger partial charge in [0.15, 0.2) is 0 Å². The van der Waals surface area contributed by atoms with Crippen LogP contribution in [0.15, 0.2) is 35.1 Å². The maximum atomic E-state index is 13.3. The highest BCUT2D eigenvalue weighted by Crippen LogP contribution is 2.41. The van der Waals surface area contributed by atoms with Crippen LogP contribution in [0.5, 0.6) is 0 Å². The van der Waals surface area contributed by atoms with Crippen molar-refractivity contribution in [2.45, 2.75) is 65.0 Å². The Balaban J connectivity index is 0.00000274. The molecule has 8 nitrogen and oxygen atoms in total.